The van der Waals surface area contributed by atoms with Gasteiger partial charge in [0.1, 0.15) is 5.82 Å². The van der Waals surface area contributed by atoms with Crippen molar-refractivity contribution in [3.05, 3.63) is 48.0 Å². The van der Waals surface area contributed by atoms with Crippen LogP contribution in [0.2, 0.25) is 0 Å². The van der Waals surface area contributed by atoms with Crippen LogP contribution in [-0.2, 0) is 0 Å². The summed E-state index contributed by atoms with van der Waals surface area (Å²) in [5, 5.41) is 16.7. The number of rotatable bonds is 5. The van der Waals surface area contributed by atoms with Crippen molar-refractivity contribution in [1.82, 2.24) is 15.5 Å². The molecule has 0 saturated carbocycles. The second-order valence-electron chi connectivity index (χ2n) is 5.33. The van der Waals surface area contributed by atoms with E-state index < -0.39 is 0 Å². The predicted octanol–water partition coefficient (Wildman–Crippen LogP) is 3.18. The fourth-order valence-electron chi connectivity index (χ4n) is 1.94. The van der Waals surface area contributed by atoms with E-state index in [2.05, 4.69) is 45.2 Å². The van der Waals surface area contributed by atoms with Crippen LogP contribution < -0.4 is 16.0 Å². The number of benzene rings is 1. The second-order valence-corrected chi connectivity index (χ2v) is 5.33. The monoisotopic (exact) mass is 299 g/mol. The Bertz CT molecular complexity index is 598. The van der Waals surface area contributed by atoms with E-state index >= 15 is 0 Å². The number of urea groups is 1. The Balaban J connectivity index is 1.93. The minimum Gasteiger partial charge on any atom is -0.362 e. The first-order chi connectivity index (χ1) is 10.5. The molecule has 1 aromatic heterocycles. The highest BCUT2D eigenvalue weighted by atomic mass is 16.2. The lowest BCUT2D eigenvalue weighted by molar-refractivity contribution is 0.250. The smallest absolute Gasteiger partial charge is 0.320 e. The lowest BCUT2D eigenvalue weighted by Crippen LogP contribution is -2.34. The van der Waals surface area contributed by atoms with Crippen LogP contribution in [0.1, 0.15) is 32.4 Å². The molecule has 0 spiro atoms. The first-order valence-corrected chi connectivity index (χ1v) is 7.27. The summed E-state index contributed by atoms with van der Waals surface area (Å²) in [5.41, 5.74) is 1.17. The van der Waals surface area contributed by atoms with Crippen LogP contribution in [0.4, 0.5) is 16.4 Å². The molecule has 1 aromatic carbocycles. The molecule has 2 amide bonds. The first-order valence-electron chi connectivity index (χ1n) is 7.27. The molecule has 0 aliphatic rings. The van der Waals surface area contributed by atoms with Gasteiger partial charge in [-0.25, -0.2) is 4.79 Å². The van der Waals surface area contributed by atoms with Gasteiger partial charge in [-0.2, -0.15) is 0 Å². The van der Waals surface area contributed by atoms with Crippen molar-refractivity contribution in [3.63, 3.8) is 0 Å². The molecule has 0 radical (unpaired) electrons. The van der Waals surface area contributed by atoms with Gasteiger partial charge >= 0.3 is 6.03 Å². The van der Waals surface area contributed by atoms with E-state index in [1.165, 1.54) is 5.56 Å². The normalized spacial score (nSPS) is 11.8. The van der Waals surface area contributed by atoms with E-state index in [9.17, 15) is 4.79 Å². The van der Waals surface area contributed by atoms with E-state index in [4.69, 9.17) is 0 Å². The quantitative estimate of drug-likeness (QED) is 0.792. The largest absolute Gasteiger partial charge is 0.362 e. The van der Waals surface area contributed by atoms with Crippen LogP contribution in [-0.4, -0.2) is 22.3 Å². The van der Waals surface area contributed by atoms with Crippen molar-refractivity contribution < 1.29 is 4.79 Å². The summed E-state index contributed by atoms with van der Waals surface area (Å²) >= 11 is 0. The molecule has 0 bridgehead atoms. The SMILES string of the molecule is CC(C)NC(=O)Nc1ccc(NC(C)c2ccccc2)nn1. The lowest BCUT2D eigenvalue weighted by Gasteiger charge is -2.14. The second kappa shape index (κ2) is 7.40. The zero-order valence-electron chi connectivity index (χ0n) is 13.0. The molecule has 1 atom stereocenters. The maximum Gasteiger partial charge on any atom is 0.320 e. The van der Waals surface area contributed by atoms with Gasteiger partial charge in [0.15, 0.2) is 5.82 Å². The Morgan fingerprint density at radius 3 is 2.18 bits per heavy atom. The van der Waals surface area contributed by atoms with Crippen molar-refractivity contribution in [2.24, 2.45) is 0 Å². The maximum absolute atomic E-state index is 11.6. The molecular formula is C16H21N5O. The molecule has 22 heavy (non-hydrogen) atoms. The number of aromatic nitrogens is 2. The van der Waals surface area contributed by atoms with E-state index in [1.807, 2.05) is 32.0 Å². The average molecular weight is 299 g/mol. The molecule has 6 nitrogen and oxygen atoms in total. The van der Waals surface area contributed by atoms with Gasteiger partial charge in [0.2, 0.25) is 0 Å². The number of hydrogen-bond acceptors (Lipinski definition) is 4. The Morgan fingerprint density at radius 2 is 1.59 bits per heavy atom. The van der Waals surface area contributed by atoms with Crippen molar-refractivity contribution in [3.8, 4) is 0 Å². The minimum atomic E-state index is -0.289. The van der Waals surface area contributed by atoms with Crippen molar-refractivity contribution in [2.45, 2.75) is 32.9 Å². The fraction of sp³-hybridized carbons (Fsp3) is 0.312. The highest BCUT2D eigenvalue weighted by Crippen LogP contribution is 2.17. The third-order valence-electron chi connectivity index (χ3n) is 2.99. The summed E-state index contributed by atoms with van der Waals surface area (Å²) in [4.78, 5) is 11.6. The topological polar surface area (TPSA) is 78.9 Å². The Kier molecular flexibility index (Phi) is 5.30. The van der Waals surface area contributed by atoms with Crippen molar-refractivity contribution in [1.29, 1.82) is 0 Å². The van der Waals surface area contributed by atoms with Crippen LogP contribution in [0.3, 0.4) is 0 Å². The molecule has 0 aliphatic carbocycles. The van der Waals surface area contributed by atoms with Crippen LogP contribution in [0.5, 0.6) is 0 Å². The summed E-state index contributed by atoms with van der Waals surface area (Å²) < 4.78 is 0. The summed E-state index contributed by atoms with van der Waals surface area (Å²) in [6.45, 7) is 5.84. The third kappa shape index (κ3) is 4.73. The molecule has 2 aromatic rings. The number of anilines is 2. The molecule has 0 aliphatic heterocycles. The summed E-state index contributed by atoms with van der Waals surface area (Å²) in [6, 6.07) is 13.5. The van der Waals surface area contributed by atoms with Gasteiger partial charge < -0.3 is 10.6 Å². The molecule has 0 fully saturated rings. The van der Waals surface area contributed by atoms with E-state index in [-0.39, 0.29) is 18.1 Å². The number of nitrogens with one attached hydrogen (secondary N) is 3. The van der Waals surface area contributed by atoms with Crippen molar-refractivity contribution in [2.75, 3.05) is 10.6 Å². The molecule has 116 valence electrons. The van der Waals surface area contributed by atoms with Gasteiger partial charge in [-0.3, -0.25) is 5.32 Å². The van der Waals surface area contributed by atoms with Gasteiger partial charge in [0, 0.05) is 12.1 Å². The highest BCUT2D eigenvalue weighted by molar-refractivity contribution is 5.88. The molecule has 3 N–H and O–H groups in total. The minimum absolute atomic E-state index is 0.0700. The Labute approximate surface area is 130 Å². The van der Waals surface area contributed by atoms with Crippen LogP contribution >= 0.6 is 0 Å². The number of hydrogen-bond donors (Lipinski definition) is 3. The molecule has 0 saturated heterocycles. The van der Waals surface area contributed by atoms with Gasteiger partial charge in [-0.15, -0.1) is 10.2 Å². The molecule has 1 unspecified atom stereocenters. The number of carbonyl (C=O) groups excluding carboxylic acids is 1. The number of carbonyl (C=O) groups is 1. The van der Waals surface area contributed by atoms with Gasteiger partial charge in [-0.05, 0) is 38.5 Å². The lowest BCUT2D eigenvalue weighted by atomic mass is 10.1. The molecular weight excluding hydrogens is 278 g/mol. The standard InChI is InChI=1S/C16H21N5O/c1-11(2)17-16(22)19-15-10-9-14(20-21-15)18-12(3)13-7-5-4-6-8-13/h4-12H,1-3H3,(H,18,20)(H2,17,19,21,22). The predicted molar refractivity (Wildman–Crippen MR) is 87.8 cm³/mol. The van der Waals surface area contributed by atoms with Gasteiger partial charge in [-0.1, -0.05) is 30.3 Å². The molecule has 2 rings (SSSR count). The molecule has 1 heterocycles. The zero-order valence-corrected chi connectivity index (χ0v) is 13.0. The summed E-state index contributed by atoms with van der Waals surface area (Å²) in [6.07, 6.45) is 0. The first kappa shape index (κ1) is 15.8. The van der Waals surface area contributed by atoms with Crippen LogP contribution in [0.15, 0.2) is 42.5 Å². The van der Waals surface area contributed by atoms with E-state index in [0.29, 0.717) is 11.6 Å². The Hall–Kier alpha value is -2.63. The maximum atomic E-state index is 11.6. The number of amides is 2. The third-order valence-corrected chi connectivity index (χ3v) is 2.99. The molecule has 6 heteroatoms. The van der Waals surface area contributed by atoms with Crippen LogP contribution in [0, 0.1) is 0 Å². The Morgan fingerprint density at radius 1 is 0.955 bits per heavy atom. The summed E-state index contributed by atoms with van der Waals surface area (Å²) in [5.74, 6) is 1.07. The highest BCUT2D eigenvalue weighted by Gasteiger charge is 2.07. The van der Waals surface area contributed by atoms with Gasteiger partial charge in [0.05, 0.1) is 0 Å². The average Bonchev–Trinajstić information content (AvgIpc) is 2.49. The fourth-order valence-corrected chi connectivity index (χ4v) is 1.94. The summed E-state index contributed by atoms with van der Waals surface area (Å²) in [7, 11) is 0. The van der Waals surface area contributed by atoms with Crippen LogP contribution in [0.25, 0.3) is 0 Å². The zero-order chi connectivity index (χ0) is 15.9. The number of nitrogens with zero attached hydrogens (tertiary/aromatic N) is 2. The van der Waals surface area contributed by atoms with Crippen molar-refractivity contribution >= 4 is 17.7 Å². The van der Waals surface area contributed by atoms with E-state index in [1.54, 1.807) is 12.1 Å². The van der Waals surface area contributed by atoms with Gasteiger partial charge in [0.25, 0.3) is 0 Å². The van der Waals surface area contributed by atoms with E-state index in [0.717, 1.165) is 0 Å².